The predicted molar refractivity (Wildman–Crippen MR) is 114 cm³/mol. The van der Waals surface area contributed by atoms with E-state index in [2.05, 4.69) is 52.7 Å². The third kappa shape index (κ3) is 3.74. The van der Waals surface area contributed by atoms with Crippen LogP contribution in [0.3, 0.4) is 0 Å². The summed E-state index contributed by atoms with van der Waals surface area (Å²) >= 11 is 0. The number of benzene rings is 1. The van der Waals surface area contributed by atoms with E-state index in [0.717, 1.165) is 5.76 Å². The average molecular weight is 378 g/mol. The largest absolute Gasteiger partial charge is 0.456 e. The second kappa shape index (κ2) is 7.17. The highest BCUT2D eigenvalue weighted by Gasteiger charge is 2.37. The zero-order valence-electron chi connectivity index (χ0n) is 18.0. The SMILES string of the molecule is C#CCN(C)C(=O)c1ccc(Cc2cc3c(cc2C)C(C)(C)CCC3(C)C)o1. The van der Waals surface area contributed by atoms with Gasteiger partial charge in [0, 0.05) is 13.5 Å². The van der Waals surface area contributed by atoms with Crippen molar-refractivity contribution in [3.05, 3.63) is 58.0 Å². The maximum absolute atomic E-state index is 12.4. The first kappa shape index (κ1) is 20.3. The molecule has 28 heavy (non-hydrogen) atoms. The van der Waals surface area contributed by atoms with Crippen LogP contribution in [0.5, 0.6) is 0 Å². The van der Waals surface area contributed by atoms with Gasteiger partial charge in [-0.2, -0.15) is 0 Å². The molecule has 0 atom stereocenters. The normalized spacial score (nSPS) is 16.9. The Kier molecular flexibility index (Phi) is 5.19. The van der Waals surface area contributed by atoms with Gasteiger partial charge in [-0.3, -0.25) is 4.79 Å². The van der Waals surface area contributed by atoms with Gasteiger partial charge in [-0.25, -0.2) is 0 Å². The number of rotatable bonds is 4. The van der Waals surface area contributed by atoms with E-state index in [0.29, 0.717) is 12.2 Å². The molecule has 0 unspecified atom stereocenters. The lowest BCUT2D eigenvalue weighted by Gasteiger charge is -2.42. The Morgan fingerprint density at radius 2 is 1.75 bits per heavy atom. The van der Waals surface area contributed by atoms with E-state index in [9.17, 15) is 4.79 Å². The van der Waals surface area contributed by atoms with Crippen LogP contribution >= 0.6 is 0 Å². The first-order valence-electron chi connectivity index (χ1n) is 9.97. The number of carbonyl (C=O) groups excluding carboxylic acids is 1. The third-order valence-corrected chi connectivity index (χ3v) is 6.22. The molecular formula is C25H31NO2. The van der Waals surface area contributed by atoms with E-state index in [1.54, 1.807) is 13.1 Å². The molecule has 3 heteroatoms. The molecule has 148 valence electrons. The lowest BCUT2D eigenvalue weighted by molar-refractivity contribution is 0.0779. The molecular weight excluding hydrogens is 346 g/mol. The van der Waals surface area contributed by atoms with Crippen LogP contribution in [0, 0.1) is 19.3 Å². The minimum atomic E-state index is -0.186. The monoisotopic (exact) mass is 377 g/mol. The summed E-state index contributed by atoms with van der Waals surface area (Å²) in [5, 5.41) is 0. The molecule has 0 spiro atoms. The third-order valence-electron chi connectivity index (χ3n) is 6.22. The van der Waals surface area contributed by atoms with Crippen LogP contribution in [-0.4, -0.2) is 24.4 Å². The number of amides is 1. The minimum absolute atomic E-state index is 0.176. The van der Waals surface area contributed by atoms with Crippen molar-refractivity contribution in [1.82, 2.24) is 4.90 Å². The quantitative estimate of drug-likeness (QED) is 0.683. The number of hydrogen-bond donors (Lipinski definition) is 0. The fourth-order valence-electron chi connectivity index (χ4n) is 4.13. The van der Waals surface area contributed by atoms with Crippen molar-refractivity contribution in [2.45, 2.75) is 64.7 Å². The summed E-state index contributed by atoms with van der Waals surface area (Å²) < 4.78 is 5.85. The molecule has 2 aromatic rings. The highest BCUT2D eigenvalue weighted by Crippen LogP contribution is 2.46. The summed E-state index contributed by atoms with van der Waals surface area (Å²) in [6.07, 6.45) is 8.37. The van der Waals surface area contributed by atoms with Crippen molar-refractivity contribution in [3.8, 4) is 12.3 Å². The molecule has 1 heterocycles. The van der Waals surface area contributed by atoms with E-state index in [1.807, 2.05) is 6.07 Å². The molecule has 1 aromatic heterocycles. The zero-order chi connectivity index (χ0) is 20.7. The number of terminal acetylenes is 1. The van der Waals surface area contributed by atoms with E-state index in [1.165, 1.54) is 40.0 Å². The molecule has 1 amide bonds. The lowest BCUT2D eigenvalue weighted by atomic mass is 9.62. The minimum Gasteiger partial charge on any atom is -0.456 e. The summed E-state index contributed by atoms with van der Waals surface area (Å²) in [5.74, 6) is 3.43. The molecule has 1 aliphatic rings. The van der Waals surface area contributed by atoms with Crippen LogP contribution in [-0.2, 0) is 17.3 Å². The number of nitrogens with zero attached hydrogens (tertiary/aromatic N) is 1. The molecule has 0 saturated carbocycles. The Morgan fingerprint density at radius 3 is 2.36 bits per heavy atom. The van der Waals surface area contributed by atoms with Crippen molar-refractivity contribution in [2.24, 2.45) is 0 Å². The van der Waals surface area contributed by atoms with Crippen LogP contribution in [0.15, 0.2) is 28.7 Å². The summed E-state index contributed by atoms with van der Waals surface area (Å²) in [6, 6.07) is 8.36. The first-order chi connectivity index (χ1) is 13.0. The number of furan rings is 1. The fourth-order valence-corrected chi connectivity index (χ4v) is 4.13. The van der Waals surface area contributed by atoms with Crippen LogP contribution in [0.25, 0.3) is 0 Å². The molecule has 0 radical (unpaired) electrons. The lowest BCUT2D eigenvalue weighted by Crippen LogP contribution is -2.34. The highest BCUT2D eigenvalue weighted by atomic mass is 16.4. The van der Waals surface area contributed by atoms with Crippen LogP contribution in [0.1, 0.15) is 79.1 Å². The van der Waals surface area contributed by atoms with E-state index < -0.39 is 0 Å². The topological polar surface area (TPSA) is 33.5 Å². The van der Waals surface area contributed by atoms with Gasteiger partial charge in [-0.1, -0.05) is 45.7 Å². The van der Waals surface area contributed by atoms with Gasteiger partial charge in [0.1, 0.15) is 5.76 Å². The Bertz CT molecular complexity index is 940. The Morgan fingerprint density at radius 1 is 1.14 bits per heavy atom. The van der Waals surface area contributed by atoms with Gasteiger partial charge in [0.05, 0.1) is 6.54 Å². The van der Waals surface area contributed by atoms with Crippen molar-refractivity contribution in [1.29, 1.82) is 0 Å². The van der Waals surface area contributed by atoms with Gasteiger partial charge in [-0.15, -0.1) is 6.42 Å². The summed E-state index contributed by atoms with van der Waals surface area (Å²) in [6.45, 7) is 11.8. The van der Waals surface area contributed by atoms with Crippen molar-refractivity contribution < 1.29 is 9.21 Å². The highest BCUT2D eigenvalue weighted by molar-refractivity contribution is 5.91. The smallest absolute Gasteiger partial charge is 0.290 e. The van der Waals surface area contributed by atoms with Gasteiger partial charge in [-0.05, 0) is 65.0 Å². The molecule has 0 aliphatic heterocycles. The summed E-state index contributed by atoms with van der Waals surface area (Å²) in [5.41, 5.74) is 5.83. The van der Waals surface area contributed by atoms with E-state index >= 15 is 0 Å². The zero-order valence-corrected chi connectivity index (χ0v) is 18.0. The second-order valence-corrected chi connectivity index (χ2v) is 9.40. The molecule has 1 aliphatic carbocycles. The van der Waals surface area contributed by atoms with Crippen molar-refractivity contribution in [3.63, 3.8) is 0 Å². The van der Waals surface area contributed by atoms with Crippen LogP contribution in [0.2, 0.25) is 0 Å². The molecule has 0 bridgehead atoms. The van der Waals surface area contributed by atoms with E-state index in [-0.39, 0.29) is 23.3 Å². The van der Waals surface area contributed by atoms with Gasteiger partial charge in [0.25, 0.3) is 5.91 Å². The maximum atomic E-state index is 12.4. The molecule has 3 rings (SSSR count). The Hall–Kier alpha value is -2.47. The molecule has 3 nitrogen and oxygen atoms in total. The summed E-state index contributed by atoms with van der Waals surface area (Å²) in [4.78, 5) is 13.8. The number of fused-ring (bicyclic) bond motifs is 1. The van der Waals surface area contributed by atoms with Crippen LogP contribution < -0.4 is 0 Å². The van der Waals surface area contributed by atoms with Crippen molar-refractivity contribution >= 4 is 5.91 Å². The van der Waals surface area contributed by atoms with Crippen LogP contribution in [0.4, 0.5) is 0 Å². The Labute approximate surface area is 169 Å². The number of hydrogen-bond acceptors (Lipinski definition) is 2. The van der Waals surface area contributed by atoms with Gasteiger partial charge in [0.2, 0.25) is 0 Å². The van der Waals surface area contributed by atoms with Gasteiger partial charge < -0.3 is 9.32 Å². The molecule has 0 N–H and O–H groups in total. The predicted octanol–water partition coefficient (Wildman–Crippen LogP) is 5.23. The van der Waals surface area contributed by atoms with Gasteiger partial charge >= 0.3 is 0 Å². The van der Waals surface area contributed by atoms with E-state index in [4.69, 9.17) is 10.8 Å². The maximum Gasteiger partial charge on any atom is 0.290 e. The fraction of sp³-hybridized carbons (Fsp3) is 0.480. The molecule has 1 aromatic carbocycles. The average Bonchev–Trinajstić information content (AvgIpc) is 3.08. The number of carbonyl (C=O) groups is 1. The van der Waals surface area contributed by atoms with Crippen molar-refractivity contribution in [2.75, 3.05) is 13.6 Å². The number of aryl methyl sites for hydroxylation is 1. The Balaban J connectivity index is 1.91. The first-order valence-corrected chi connectivity index (χ1v) is 9.97. The van der Waals surface area contributed by atoms with Gasteiger partial charge in [0.15, 0.2) is 5.76 Å². The standard InChI is InChI=1S/C25H31NO2/c1-8-13-26(7)23(27)22-10-9-19(28-22)15-18-16-21-20(14-17(18)2)24(3,4)11-12-25(21,5)6/h1,9-10,14,16H,11-13,15H2,2-7H3. The molecule has 0 saturated heterocycles. The second-order valence-electron chi connectivity index (χ2n) is 9.40. The molecule has 0 fully saturated rings. The summed E-state index contributed by atoms with van der Waals surface area (Å²) in [7, 11) is 1.68.